The Kier molecular flexibility index (Phi) is 3.62. The normalized spacial score (nSPS) is 13.5. The summed E-state index contributed by atoms with van der Waals surface area (Å²) in [6.07, 6.45) is 4.49. The quantitative estimate of drug-likeness (QED) is 0.745. The molecule has 1 atom stereocenters. The van der Waals surface area contributed by atoms with Crippen LogP contribution in [0.25, 0.3) is 0 Å². The van der Waals surface area contributed by atoms with Gasteiger partial charge < -0.3 is 4.90 Å². The van der Waals surface area contributed by atoms with E-state index in [0.29, 0.717) is 5.95 Å². The zero-order chi connectivity index (χ0) is 11.5. The van der Waals surface area contributed by atoms with Gasteiger partial charge in [0.15, 0.2) is 0 Å². The van der Waals surface area contributed by atoms with Gasteiger partial charge in [-0.25, -0.2) is 18.4 Å². The fourth-order valence-electron chi connectivity index (χ4n) is 1.22. The first-order valence-corrected chi connectivity index (χ1v) is 6.64. The molecule has 0 saturated carbocycles. The van der Waals surface area contributed by atoms with Crippen molar-refractivity contribution in [3.05, 3.63) is 18.5 Å². The number of rotatable bonds is 4. The molecule has 0 saturated heterocycles. The molecule has 0 fully saturated rings. The SMILES string of the molecule is CC(CS(C)(=O)=O)N(C)c1ncccn1. The summed E-state index contributed by atoms with van der Waals surface area (Å²) in [5.41, 5.74) is 0. The minimum atomic E-state index is -2.97. The van der Waals surface area contributed by atoms with Crippen LogP contribution in [0.4, 0.5) is 5.95 Å². The number of nitrogens with zero attached hydrogens (tertiary/aromatic N) is 3. The molecule has 0 spiro atoms. The van der Waals surface area contributed by atoms with Crippen LogP contribution in [-0.2, 0) is 9.84 Å². The van der Waals surface area contributed by atoms with E-state index in [4.69, 9.17) is 0 Å². The molecule has 1 aromatic rings. The first-order valence-electron chi connectivity index (χ1n) is 4.58. The number of anilines is 1. The van der Waals surface area contributed by atoms with Crippen LogP contribution in [0.1, 0.15) is 6.92 Å². The highest BCUT2D eigenvalue weighted by atomic mass is 32.2. The van der Waals surface area contributed by atoms with Gasteiger partial charge in [0.1, 0.15) is 9.84 Å². The molecule has 0 bridgehead atoms. The lowest BCUT2D eigenvalue weighted by Crippen LogP contribution is -2.35. The molecule has 0 radical (unpaired) electrons. The summed E-state index contributed by atoms with van der Waals surface area (Å²) in [6.45, 7) is 1.83. The third-order valence-corrected chi connectivity index (χ3v) is 3.16. The average Bonchev–Trinajstić information content (AvgIpc) is 2.15. The minimum Gasteiger partial charge on any atom is -0.340 e. The van der Waals surface area contributed by atoms with E-state index in [0.717, 1.165) is 0 Å². The molecular weight excluding hydrogens is 214 g/mol. The summed E-state index contributed by atoms with van der Waals surface area (Å²) in [6, 6.07) is 1.58. The van der Waals surface area contributed by atoms with Crippen LogP contribution in [0.15, 0.2) is 18.5 Å². The predicted octanol–water partition coefficient (Wildman–Crippen LogP) is 0.346. The average molecular weight is 229 g/mol. The van der Waals surface area contributed by atoms with Crippen LogP contribution in [0.2, 0.25) is 0 Å². The number of hydrogen-bond donors (Lipinski definition) is 0. The number of sulfone groups is 1. The fourth-order valence-corrected chi connectivity index (χ4v) is 2.32. The van der Waals surface area contributed by atoms with Crippen LogP contribution in [0.3, 0.4) is 0 Å². The Morgan fingerprint density at radius 1 is 1.40 bits per heavy atom. The molecule has 5 nitrogen and oxygen atoms in total. The van der Waals surface area contributed by atoms with Gasteiger partial charge in [0, 0.05) is 31.7 Å². The van der Waals surface area contributed by atoms with Crippen LogP contribution in [0, 0.1) is 0 Å². The number of aromatic nitrogens is 2. The van der Waals surface area contributed by atoms with Gasteiger partial charge in [0.05, 0.1) is 5.75 Å². The van der Waals surface area contributed by atoms with Crippen LogP contribution >= 0.6 is 0 Å². The van der Waals surface area contributed by atoms with Crippen molar-refractivity contribution in [3.8, 4) is 0 Å². The molecule has 1 rings (SSSR count). The van der Waals surface area contributed by atoms with Gasteiger partial charge in [-0.3, -0.25) is 0 Å². The van der Waals surface area contributed by atoms with Crippen molar-refractivity contribution < 1.29 is 8.42 Å². The lowest BCUT2D eigenvalue weighted by atomic mass is 10.3. The summed E-state index contributed by atoms with van der Waals surface area (Å²) in [5, 5.41) is 0. The molecule has 84 valence electrons. The second-order valence-electron chi connectivity index (χ2n) is 3.60. The summed E-state index contributed by atoms with van der Waals surface area (Å²) in [4.78, 5) is 9.85. The van der Waals surface area contributed by atoms with Crippen LogP contribution < -0.4 is 4.90 Å². The first-order chi connectivity index (χ1) is 6.90. The maximum atomic E-state index is 11.1. The maximum Gasteiger partial charge on any atom is 0.225 e. The molecule has 0 aliphatic rings. The topological polar surface area (TPSA) is 63.2 Å². The van der Waals surface area contributed by atoms with Crippen molar-refractivity contribution in [2.45, 2.75) is 13.0 Å². The second-order valence-corrected chi connectivity index (χ2v) is 5.79. The van der Waals surface area contributed by atoms with Crippen LogP contribution in [0.5, 0.6) is 0 Å². The Hall–Kier alpha value is -1.17. The summed E-state index contributed by atoms with van der Waals surface area (Å²) in [5.74, 6) is 0.635. The molecule has 0 N–H and O–H groups in total. The highest BCUT2D eigenvalue weighted by molar-refractivity contribution is 7.90. The van der Waals surface area contributed by atoms with E-state index in [-0.39, 0.29) is 11.8 Å². The zero-order valence-electron chi connectivity index (χ0n) is 9.08. The minimum absolute atomic E-state index is 0.0990. The molecule has 1 heterocycles. The smallest absolute Gasteiger partial charge is 0.225 e. The largest absolute Gasteiger partial charge is 0.340 e. The highest BCUT2D eigenvalue weighted by Crippen LogP contribution is 2.08. The molecular formula is C9H15N3O2S. The first kappa shape index (κ1) is 11.9. The van der Waals surface area contributed by atoms with Gasteiger partial charge in [-0.05, 0) is 13.0 Å². The van der Waals surface area contributed by atoms with E-state index in [9.17, 15) is 8.42 Å². The summed E-state index contributed by atoms with van der Waals surface area (Å²) < 4.78 is 22.2. The summed E-state index contributed by atoms with van der Waals surface area (Å²) >= 11 is 0. The third kappa shape index (κ3) is 3.83. The molecule has 6 heteroatoms. The van der Waals surface area contributed by atoms with Gasteiger partial charge in [-0.1, -0.05) is 0 Å². The standard InChI is InChI=1S/C9H15N3O2S/c1-8(7-15(3,13)14)12(2)9-10-5-4-6-11-9/h4-6,8H,7H2,1-3H3. The second kappa shape index (κ2) is 4.57. The van der Waals surface area contributed by atoms with Crippen LogP contribution in [-0.4, -0.2) is 43.5 Å². The number of hydrogen-bond acceptors (Lipinski definition) is 5. The lowest BCUT2D eigenvalue weighted by Gasteiger charge is -2.23. The van der Waals surface area contributed by atoms with Crippen molar-refractivity contribution in [3.63, 3.8) is 0 Å². The van der Waals surface area contributed by atoms with E-state index in [1.54, 1.807) is 30.4 Å². The lowest BCUT2D eigenvalue weighted by molar-refractivity contribution is 0.592. The Morgan fingerprint density at radius 2 is 1.93 bits per heavy atom. The molecule has 0 aliphatic carbocycles. The van der Waals surface area contributed by atoms with Crippen molar-refractivity contribution in [1.29, 1.82) is 0 Å². The van der Waals surface area contributed by atoms with E-state index in [1.165, 1.54) is 6.26 Å². The molecule has 15 heavy (non-hydrogen) atoms. The van der Waals surface area contributed by atoms with Crippen molar-refractivity contribution in [2.75, 3.05) is 24.0 Å². The Labute approximate surface area is 90.1 Å². The van der Waals surface area contributed by atoms with Gasteiger partial charge in [0.2, 0.25) is 5.95 Å². The van der Waals surface area contributed by atoms with E-state index in [2.05, 4.69) is 9.97 Å². The fraction of sp³-hybridized carbons (Fsp3) is 0.556. The molecule has 0 aliphatic heterocycles. The van der Waals surface area contributed by atoms with Gasteiger partial charge in [-0.15, -0.1) is 0 Å². The predicted molar refractivity (Wildman–Crippen MR) is 59.6 cm³/mol. The Morgan fingerprint density at radius 3 is 2.40 bits per heavy atom. The van der Waals surface area contributed by atoms with E-state index in [1.807, 2.05) is 6.92 Å². The highest BCUT2D eigenvalue weighted by Gasteiger charge is 2.16. The van der Waals surface area contributed by atoms with E-state index < -0.39 is 9.84 Å². The van der Waals surface area contributed by atoms with E-state index >= 15 is 0 Å². The monoisotopic (exact) mass is 229 g/mol. The molecule has 1 unspecified atom stereocenters. The Bertz CT molecular complexity index is 405. The Balaban J connectivity index is 2.73. The molecule has 0 aromatic carbocycles. The summed E-state index contributed by atoms with van der Waals surface area (Å²) in [7, 11) is -1.19. The molecule has 0 amide bonds. The van der Waals surface area contributed by atoms with Gasteiger partial charge >= 0.3 is 0 Å². The zero-order valence-corrected chi connectivity index (χ0v) is 9.90. The maximum absolute atomic E-state index is 11.1. The van der Waals surface area contributed by atoms with Crippen molar-refractivity contribution in [2.24, 2.45) is 0 Å². The third-order valence-electron chi connectivity index (χ3n) is 2.07. The van der Waals surface area contributed by atoms with Crippen molar-refractivity contribution >= 4 is 15.8 Å². The molecule has 1 aromatic heterocycles. The van der Waals surface area contributed by atoms with Gasteiger partial charge in [0.25, 0.3) is 0 Å². The van der Waals surface area contributed by atoms with Gasteiger partial charge in [-0.2, -0.15) is 0 Å². The van der Waals surface area contributed by atoms with Crippen molar-refractivity contribution in [1.82, 2.24) is 9.97 Å².